The van der Waals surface area contributed by atoms with E-state index < -0.39 is 0 Å². The smallest absolute Gasteiger partial charge is 0.178 e. The van der Waals surface area contributed by atoms with Crippen LogP contribution < -0.4 is 4.57 Å². The van der Waals surface area contributed by atoms with E-state index in [0.717, 1.165) is 6.54 Å². The lowest BCUT2D eigenvalue weighted by Gasteiger charge is -2.00. The number of rotatable bonds is 4. The first-order valence-electron chi connectivity index (χ1n) is 4.90. The van der Waals surface area contributed by atoms with Crippen molar-refractivity contribution in [3.63, 3.8) is 0 Å². The third-order valence-corrected chi connectivity index (χ3v) is 2.26. The van der Waals surface area contributed by atoms with Crippen molar-refractivity contribution in [3.05, 3.63) is 36.2 Å². The molecule has 0 aromatic carbocycles. The standard InChI is InChI=1S/C12H18N/c1-4-6-9-13-10-12(5-2)8-7-11(13)3/h5,7-8,10H,2,4,6,9H2,1,3H3/q+1. The fraction of sp³-hybridized carbons (Fsp3) is 0.417. The number of hydrogen-bond donors (Lipinski definition) is 0. The Kier molecular flexibility index (Phi) is 3.69. The minimum Gasteiger partial charge on any atom is -0.202 e. The SMILES string of the molecule is C=Cc1ccc(C)[n+](CCCC)c1. The van der Waals surface area contributed by atoms with Gasteiger partial charge in [0.1, 0.15) is 6.54 Å². The maximum Gasteiger partial charge on any atom is 0.178 e. The number of aryl methyl sites for hydroxylation is 2. The van der Waals surface area contributed by atoms with Gasteiger partial charge in [-0.1, -0.05) is 26.0 Å². The third-order valence-electron chi connectivity index (χ3n) is 2.26. The van der Waals surface area contributed by atoms with E-state index in [-0.39, 0.29) is 0 Å². The molecule has 70 valence electrons. The molecule has 1 nitrogen and oxygen atoms in total. The molecule has 0 saturated carbocycles. The van der Waals surface area contributed by atoms with Crippen LogP contribution in [0.1, 0.15) is 31.0 Å². The van der Waals surface area contributed by atoms with Crippen LogP contribution in [-0.2, 0) is 6.54 Å². The summed E-state index contributed by atoms with van der Waals surface area (Å²) in [6.07, 6.45) is 6.54. The first-order chi connectivity index (χ1) is 6.27. The van der Waals surface area contributed by atoms with Crippen molar-refractivity contribution < 1.29 is 4.57 Å². The minimum atomic E-state index is 1.12. The van der Waals surface area contributed by atoms with Gasteiger partial charge in [-0.2, -0.15) is 0 Å². The maximum atomic E-state index is 3.77. The second-order valence-electron chi connectivity index (χ2n) is 3.35. The van der Waals surface area contributed by atoms with Gasteiger partial charge < -0.3 is 0 Å². The normalized spacial score (nSPS) is 10.0. The Morgan fingerprint density at radius 3 is 2.85 bits per heavy atom. The van der Waals surface area contributed by atoms with Crippen LogP contribution in [0.5, 0.6) is 0 Å². The molecule has 1 heterocycles. The van der Waals surface area contributed by atoms with Crippen molar-refractivity contribution in [2.24, 2.45) is 0 Å². The van der Waals surface area contributed by atoms with Crippen molar-refractivity contribution in [1.29, 1.82) is 0 Å². The van der Waals surface area contributed by atoms with Crippen LogP contribution in [0.25, 0.3) is 6.08 Å². The van der Waals surface area contributed by atoms with Gasteiger partial charge >= 0.3 is 0 Å². The molecule has 0 aliphatic heterocycles. The lowest BCUT2D eigenvalue weighted by Crippen LogP contribution is -2.36. The third kappa shape index (κ3) is 2.69. The molecule has 0 radical (unpaired) electrons. The minimum absolute atomic E-state index is 1.12. The van der Waals surface area contributed by atoms with Crippen LogP contribution in [-0.4, -0.2) is 0 Å². The van der Waals surface area contributed by atoms with Crippen molar-refractivity contribution in [1.82, 2.24) is 0 Å². The number of unbranched alkanes of at least 4 members (excludes halogenated alkanes) is 1. The Balaban J connectivity index is 2.83. The molecule has 0 spiro atoms. The predicted octanol–water partition coefficient (Wildman–Crippen LogP) is 2.73. The molecule has 1 aromatic heterocycles. The molecule has 0 atom stereocenters. The van der Waals surface area contributed by atoms with Gasteiger partial charge in [-0.15, -0.1) is 0 Å². The number of aromatic nitrogens is 1. The Labute approximate surface area is 80.7 Å². The van der Waals surface area contributed by atoms with E-state index >= 15 is 0 Å². The Morgan fingerprint density at radius 2 is 2.23 bits per heavy atom. The quantitative estimate of drug-likeness (QED) is 0.621. The van der Waals surface area contributed by atoms with Gasteiger partial charge in [0.15, 0.2) is 11.9 Å². The summed E-state index contributed by atoms with van der Waals surface area (Å²) < 4.78 is 2.29. The summed E-state index contributed by atoms with van der Waals surface area (Å²) >= 11 is 0. The predicted molar refractivity (Wildman–Crippen MR) is 56.4 cm³/mol. The summed E-state index contributed by atoms with van der Waals surface area (Å²) in [5.41, 5.74) is 2.51. The zero-order chi connectivity index (χ0) is 9.68. The van der Waals surface area contributed by atoms with Gasteiger partial charge in [-0.3, -0.25) is 0 Å². The van der Waals surface area contributed by atoms with Crippen LogP contribution in [0.3, 0.4) is 0 Å². The topological polar surface area (TPSA) is 3.88 Å². The average Bonchev–Trinajstić information content (AvgIpc) is 2.17. The van der Waals surface area contributed by atoms with Crippen molar-refractivity contribution in [2.75, 3.05) is 0 Å². The Bertz CT molecular complexity index is 289. The fourth-order valence-electron chi connectivity index (χ4n) is 1.33. The molecule has 1 rings (SSSR count). The highest BCUT2D eigenvalue weighted by Gasteiger charge is 2.04. The summed E-state index contributed by atoms with van der Waals surface area (Å²) in [7, 11) is 0. The second kappa shape index (κ2) is 4.80. The van der Waals surface area contributed by atoms with Crippen LogP contribution in [0.4, 0.5) is 0 Å². The summed E-state index contributed by atoms with van der Waals surface area (Å²) in [5, 5.41) is 0. The number of hydrogen-bond acceptors (Lipinski definition) is 0. The summed E-state index contributed by atoms with van der Waals surface area (Å²) in [6, 6.07) is 4.25. The molecule has 0 fully saturated rings. The van der Waals surface area contributed by atoms with Crippen LogP contribution >= 0.6 is 0 Å². The average molecular weight is 176 g/mol. The van der Waals surface area contributed by atoms with E-state index in [1.54, 1.807) is 0 Å². The highest BCUT2D eigenvalue weighted by atomic mass is 14.9. The zero-order valence-corrected chi connectivity index (χ0v) is 8.59. The highest BCUT2D eigenvalue weighted by Crippen LogP contribution is 1.99. The van der Waals surface area contributed by atoms with Gasteiger partial charge in [0.25, 0.3) is 0 Å². The molecule has 0 bridgehead atoms. The first-order valence-corrected chi connectivity index (χ1v) is 4.90. The van der Waals surface area contributed by atoms with E-state index in [4.69, 9.17) is 0 Å². The van der Waals surface area contributed by atoms with Crippen molar-refractivity contribution >= 4 is 6.08 Å². The van der Waals surface area contributed by atoms with Crippen LogP contribution in [0.2, 0.25) is 0 Å². The lowest BCUT2D eigenvalue weighted by molar-refractivity contribution is -0.703. The number of pyridine rings is 1. The molecular formula is C12H18N+. The maximum absolute atomic E-state index is 3.77. The Hall–Kier alpha value is -1.11. The molecule has 1 aromatic rings. The first kappa shape index (κ1) is 9.97. The van der Waals surface area contributed by atoms with E-state index in [9.17, 15) is 0 Å². The van der Waals surface area contributed by atoms with Crippen molar-refractivity contribution in [2.45, 2.75) is 33.2 Å². The molecule has 1 heteroatoms. The van der Waals surface area contributed by atoms with E-state index in [1.165, 1.54) is 24.1 Å². The van der Waals surface area contributed by atoms with E-state index in [0.29, 0.717) is 0 Å². The van der Waals surface area contributed by atoms with Crippen LogP contribution in [0, 0.1) is 6.92 Å². The molecule has 0 aliphatic rings. The molecule has 0 unspecified atom stereocenters. The van der Waals surface area contributed by atoms with Gasteiger partial charge in [-0.25, -0.2) is 4.57 Å². The molecule has 0 saturated heterocycles. The van der Waals surface area contributed by atoms with Crippen LogP contribution in [0.15, 0.2) is 24.9 Å². The van der Waals surface area contributed by atoms with E-state index in [2.05, 4.69) is 43.3 Å². The Morgan fingerprint density at radius 1 is 1.46 bits per heavy atom. The molecule has 0 aliphatic carbocycles. The molecule has 13 heavy (non-hydrogen) atoms. The summed E-state index contributed by atoms with van der Waals surface area (Å²) in [6.45, 7) is 9.24. The largest absolute Gasteiger partial charge is 0.202 e. The van der Waals surface area contributed by atoms with E-state index in [1.807, 2.05) is 6.08 Å². The summed E-state index contributed by atoms with van der Waals surface area (Å²) in [5.74, 6) is 0. The zero-order valence-electron chi connectivity index (χ0n) is 8.59. The monoisotopic (exact) mass is 176 g/mol. The second-order valence-corrected chi connectivity index (χ2v) is 3.35. The van der Waals surface area contributed by atoms with Gasteiger partial charge in [0, 0.05) is 25.0 Å². The molecule has 0 N–H and O–H groups in total. The van der Waals surface area contributed by atoms with Gasteiger partial charge in [0.05, 0.1) is 0 Å². The highest BCUT2D eigenvalue weighted by molar-refractivity contribution is 5.43. The fourth-order valence-corrected chi connectivity index (χ4v) is 1.33. The lowest BCUT2D eigenvalue weighted by atomic mass is 10.2. The van der Waals surface area contributed by atoms with Crippen molar-refractivity contribution in [3.8, 4) is 0 Å². The van der Waals surface area contributed by atoms with Gasteiger partial charge in [-0.05, 0) is 6.07 Å². The molecular weight excluding hydrogens is 158 g/mol. The summed E-state index contributed by atoms with van der Waals surface area (Å²) in [4.78, 5) is 0. The number of nitrogens with zero attached hydrogens (tertiary/aromatic N) is 1. The molecule has 0 amide bonds. The van der Waals surface area contributed by atoms with Gasteiger partial charge in [0.2, 0.25) is 0 Å².